The molecule has 16 heavy (non-hydrogen) atoms. The van der Waals surface area contributed by atoms with Gasteiger partial charge in [0.1, 0.15) is 6.10 Å². The average molecular weight is 242 g/mol. The quantitative estimate of drug-likeness (QED) is 0.723. The summed E-state index contributed by atoms with van der Waals surface area (Å²) in [6.07, 6.45) is -3.58. The number of aliphatic hydroxyl groups is 2. The number of benzene rings is 1. The highest BCUT2D eigenvalue weighted by atomic mass is 35.5. The number of carboxylic acid groups (broad SMARTS) is 1. The van der Waals surface area contributed by atoms with Crippen LogP contribution < -0.4 is 0 Å². The van der Waals surface area contributed by atoms with E-state index >= 15 is 0 Å². The van der Waals surface area contributed by atoms with Gasteiger partial charge >= 0.3 is 5.97 Å². The Labute approximate surface area is 96.1 Å². The van der Waals surface area contributed by atoms with Gasteiger partial charge in [0.15, 0.2) is 6.10 Å². The third kappa shape index (κ3) is 2.49. The first-order valence-electron chi connectivity index (χ1n) is 4.26. The smallest absolute Gasteiger partial charge is 0.335 e. The minimum absolute atomic E-state index is 0.0341. The summed E-state index contributed by atoms with van der Waals surface area (Å²) in [4.78, 5) is 10.4. The Hall–Kier alpha value is -1.61. The number of nitrogens with zero attached hydrogens (tertiary/aromatic N) is 1. The van der Waals surface area contributed by atoms with Gasteiger partial charge in [0, 0.05) is 10.6 Å². The van der Waals surface area contributed by atoms with Gasteiger partial charge in [0.2, 0.25) is 0 Å². The molecule has 0 aliphatic rings. The Balaban J connectivity index is 3.06. The maximum Gasteiger partial charge on any atom is 0.335 e. The lowest BCUT2D eigenvalue weighted by Gasteiger charge is -2.15. The Morgan fingerprint density at radius 2 is 2.06 bits per heavy atom. The van der Waals surface area contributed by atoms with E-state index in [2.05, 4.69) is 0 Å². The van der Waals surface area contributed by atoms with Crippen LogP contribution in [0.3, 0.4) is 0 Å². The van der Waals surface area contributed by atoms with Crippen molar-refractivity contribution in [1.29, 1.82) is 5.26 Å². The number of nitriles is 1. The van der Waals surface area contributed by atoms with Crippen LogP contribution in [0.2, 0.25) is 5.02 Å². The highest BCUT2D eigenvalue weighted by Crippen LogP contribution is 2.26. The summed E-state index contributed by atoms with van der Waals surface area (Å²) in [5.74, 6) is -1.55. The first-order valence-corrected chi connectivity index (χ1v) is 4.63. The second kappa shape index (κ2) is 4.94. The zero-order valence-corrected chi connectivity index (χ0v) is 8.72. The lowest BCUT2D eigenvalue weighted by molar-refractivity contribution is -0.153. The zero-order valence-electron chi connectivity index (χ0n) is 7.96. The van der Waals surface area contributed by atoms with Gasteiger partial charge in [-0.15, -0.1) is 0 Å². The molecule has 0 bridgehead atoms. The molecule has 1 aromatic rings. The summed E-state index contributed by atoms with van der Waals surface area (Å²) in [7, 11) is 0. The topological polar surface area (TPSA) is 102 Å². The molecule has 0 saturated heterocycles. The van der Waals surface area contributed by atoms with Crippen LogP contribution in [-0.4, -0.2) is 27.4 Å². The van der Waals surface area contributed by atoms with Crippen molar-refractivity contribution in [2.75, 3.05) is 0 Å². The van der Waals surface area contributed by atoms with Crippen molar-refractivity contribution >= 4 is 17.6 Å². The number of aliphatic hydroxyl groups excluding tert-OH is 2. The van der Waals surface area contributed by atoms with E-state index in [1.807, 2.05) is 6.07 Å². The molecule has 0 heterocycles. The maximum absolute atomic E-state index is 10.4. The first kappa shape index (κ1) is 12.5. The molecule has 0 aromatic heterocycles. The number of hydrogen-bond donors (Lipinski definition) is 3. The lowest BCUT2D eigenvalue weighted by Crippen LogP contribution is -2.27. The van der Waals surface area contributed by atoms with E-state index in [1.165, 1.54) is 18.2 Å². The van der Waals surface area contributed by atoms with Crippen LogP contribution in [0.25, 0.3) is 0 Å². The SMILES string of the molecule is N#Cc1ccc(C(O)C(O)C(=O)O)c(Cl)c1. The largest absolute Gasteiger partial charge is 0.479 e. The summed E-state index contributed by atoms with van der Waals surface area (Å²) in [5, 5.41) is 35.7. The number of halogens is 1. The average Bonchev–Trinajstić information content (AvgIpc) is 2.26. The van der Waals surface area contributed by atoms with E-state index in [0.29, 0.717) is 0 Å². The van der Waals surface area contributed by atoms with Crippen molar-refractivity contribution in [1.82, 2.24) is 0 Å². The molecule has 2 atom stereocenters. The second-order valence-electron chi connectivity index (χ2n) is 3.08. The van der Waals surface area contributed by atoms with Gasteiger partial charge in [-0.2, -0.15) is 5.26 Å². The van der Waals surface area contributed by atoms with Gasteiger partial charge in [-0.05, 0) is 12.1 Å². The second-order valence-corrected chi connectivity index (χ2v) is 3.48. The highest BCUT2D eigenvalue weighted by molar-refractivity contribution is 6.31. The molecule has 2 unspecified atom stereocenters. The number of rotatable bonds is 3. The Bertz CT molecular complexity index is 455. The van der Waals surface area contributed by atoms with Crippen LogP contribution in [0.4, 0.5) is 0 Å². The fraction of sp³-hybridized carbons (Fsp3) is 0.200. The Morgan fingerprint density at radius 1 is 1.44 bits per heavy atom. The molecule has 1 aromatic carbocycles. The summed E-state index contributed by atoms with van der Waals surface area (Å²) < 4.78 is 0. The maximum atomic E-state index is 10.4. The van der Waals surface area contributed by atoms with Crippen molar-refractivity contribution in [2.24, 2.45) is 0 Å². The Kier molecular flexibility index (Phi) is 3.85. The predicted octanol–water partition coefficient (Wildman–Crippen LogP) is 0.691. The summed E-state index contributed by atoms with van der Waals surface area (Å²) in [5.41, 5.74) is 0.348. The van der Waals surface area contributed by atoms with E-state index in [-0.39, 0.29) is 16.1 Å². The molecule has 0 aliphatic heterocycles. The number of hydrogen-bond acceptors (Lipinski definition) is 4. The number of aliphatic carboxylic acids is 1. The minimum atomic E-state index is -1.95. The van der Waals surface area contributed by atoms with E-state index in [4.69, 9.17) is 27.1 Å². The third-order valence-corrected chi connectivity index (χ3v) is 2.33. The fourth-order valence-electron chi connectivity index (χ4n) is 1.14. The molecule has 0 amide bonds. The summed E-state index contributed by atoms with van der Waals surface area (Å²) in [6.45, 7) is 0. The van der Waals surface area contributed by atoms with Crippen LogP contribution in [0, 0.1) is 11.3 Å². The van der Waals surface area contributed by atoms with Gasteiger partial charge in [0.25, 0.3) is 0 Å². The molecule has 6 heteroatoms. The molecule has 0 spiro atoms. The van der Waals surface area contributed by atoms with Crippen molar-refractivity contribution in [2.45, 2.75) is 12.2 Å². The van der Waals surface area contributed by atoms with Gasteiger partial charge in [-0.25, -0.2) is 4.79 Å². The van der Waals surface area contributed by atoms with Crippen LogP contribution in [-0.2, 0) is 4.79 Å². The number of carbonyl (C=O) groups is 1. The monoisotopic (exact) mass is 241 g/mol. The van der Waals surface area contributed by atoms with Crippen molar-refractivity contribution < 1.29 is 20.1 Å². The molecule has 84 valence electrons. The summed E-state index contributed by atoms with van der Waals surface area (Å²) in [6, 6.07) is 5.80. The van der Waals surface area contributed by atoms with E-state index in [9.17, 15) is 9.90 Å². The molecule has 1 rings (SSSR count). The van der Waals surface area contributed by atoms with Gasteiger partial charge in [0.05, 0.1) is 11.6 Å². The zero-order chi connectivity index (χ0) is 12.3. The highest BCUT2D eigenvalue weighted by Gasteiger charge is 2.26. The summed E-state index contributed by atoms with van der Waals surface area (Å²) >= 11 is 5.74. The predicted molar refractivity (Wildman–Crippen MR) is 54.8 cm³/mol. The van der Waals surface area contributed by atoms with E-state index in [1.54, 1.807) is 0 Å². The van der Waals surface area contributed by atoms with Gasteiger partial charge in [-0.1, -0.05) is 17.7 Å². The molecular weight excluding hydrogens is 234 g/mol. The molecule has 0 saturated carbocycles. The van der Waals surface area contributed by atoms with Crippen molar-refractivity contribution in [3.63, 3.8) is 0 Å². The minimum Gasteiger partial charge on any atom is -0.479 e. The van der Waals surface area contributed by atoms with Gasteiger partial charge < -0.3 is 15.3 Å². The molecule has 0 radical (unpaired) electrons. The van der Waals surface area contributed by atoms with Crippen LogP contribution in [0.1, 0.15) is 17.2 Å². The molecule has 3 N–H and O–H groups in total. The van der Waals surface area contributed by atoms with Gasteiger partial charge in [-0.3, -0.25) is 0 Å². The van der Waals surface area contributed by atoms with Crippen molar-refractivity contribution in [3.05, 3.63) is 34.3 Å². The van der Waals surface area contributed by atoms with E-state index in [0.717, 1.165) is 0 Å². The van der Waals surface area contributed by atoms with Crippen molar-refractivity contribution in [3.8, 4) is 6.07 Å². The van der Waals surface area contributed by atoms with E-state index < -0.39 is 18.2 Å². The normalized spacial score (nSPS) is 13.9. The Morgan fingerprint density at radius 3 is 2.50 bits per heavy atom. The van der Waals surface area contributed by atoms with Crippen LogP contribution in [0.15, 0.2) is 18.2 Å². The standard InChI is InChI=1S/C10H8ClNO4/c11-7-3-5(4-12)1-2-6(7)8(13)9(14)10(15)16/h1-3,8-9,13-14H,(H,15,16). The number of carboxylic acids is 1. The van der Waals surface area contributed by atoms with Crippen LogP contribution in [0.5, 0.6) is 0 Å². The lowest BCUT2D eigenvalue weighted by atomic mass is 10.0. The molecular formula is C10H8ClNO4. The first-order chi connectivity index (χ1) is 7.47. The molecule has 0 aliphatic carbocycles. The molecule has 5 nitrogen and oxygen atoms in total. The third-order valence-electron chi connectivity index (χ3n) is 2.00. The fourth-order valence-corrected chi connectivity index (χ4v) is 1.43. The van der Waals surface area contributed by atoms with Crippen LogP contribution >= 0.6 is 11.6 Å². The molecule has 0 fully saturated rings.